The summed E-state index contributed by atoms with van der Waals surface area (Å²) in [7, 11) is 1.60. The maximum atomic E-state index is 13.8. The van der Waals surface area contributed by atoms with Crippen LogP contribution in [0.3, 0.4) is 0 Å². The lowest BCUT2D eigenvalue weighted by atomic mass is 10.2. The SMILES string of the molecule is COCCCn1c(SC(C)C(=O)Nc2ccccc2F)nc2ccccc2c1=O. The van der Waals surface area contributed by atoms with Crippen molar-refractivity contribution in [3.05, 3.63) is 64.7 Å². The molecule has 0 saturated carbocycles. The lowest BCUT2D eigenvalue weighted by Gasteiger charge is -2.16. The Kier molecular flexibility index (Phi) is 7.00. The Hall–Kier alpha value is -2.71. The number of benzene rings is 2. The van der Waals surface area contributed by atoms with Crippen molar-refractivity contribution in [3.63, 3.8) is 0 Å². The van der Waals surface area contributed by atoms with Gasteiger partial charge in [0.2, 0.25) is 5.91 Å². The van der Waals surface area contributed by atoms with Gasteiger partial charge < -0.3 is 10.1 Å². The van der Waals surface area contributed by atoms with Crippen LogP contribution in [0, 0.1) is 5.82 Å². The van der Waals surface area contributed by atoms with E-state index in [-0.39, 0.29) is 17.2 Å². The third-order valence-electron chi connectivity index (χ3n) is 4.34. The maximum Gasteiger partial charge on any atom is 0.262 e. The number of anilines is 1. The zero-order valence-electron chi connectivity index (χ0n) is 16.2. The molecule has 152 valence electrons. The highest BCUT2D eigenvalue weighted by atomic mass is 32.2. The predicted molar refractivity (Wildman–Crippen MR) is 113 cm³/mol. The molecule has 2 aromatic carbocycles. The van der Waals surface area contributed by atoms with Crippen LogP contribution in [0.1, 0.15) is 13.3 Å². The zero-order chi connectivity index (χ0) is 20.8. The van der Waals surface area contributed by atoms with Crippen LogP contribution in [0.2, 0.25) is 0 Å². The quantitative estimate of drug-likeness (QED) is 0.345. The van der Waals surface area contributed by atoms with Crippen molar-refractivity contribution >= 4 is 34.3 Å². The van der Waals surface area contributed by atoms with Crippen LogP contribution in [0.5, 0.6) is 0 Å². The third-order valence-corrected chi connectivity index (χ3v) is 5.43. The van der Waals surface area contributed by atoms with Crippen LogP contribution in [-0.2, 0) is 16.1 Å². The number of carbonyl (C=O) groups is 1. The van der Waals surface area contributed by atoms with Crippen molar-refractivity contribution in [2.75, 3.05) is 19.0 Å². The molecule has 0 aliphatic heterocycles. The van der Waals surface area contributed by atoms with Gasteiger partial charge in [-0.1, -0.05) is 36.0 Å². The largest absolute Gasteiger partial charge is 0.385 e. The fraction of sp³-hybridized carbons (Fsp3) is 0.286. The zero-order valence-corrected chi connectivity index (χ0v) is 17.0. The number of thioether (sulfide) groups is 1. The molecule has 1 atom stereocenters. The van der Waals surface area contributed by atoms with Crippen molar-refractivity contribution in [2.45, 2.75) is 30.3 Å². The predicted octanol–water partition coefficient (Wildman–Crippen LogP) is 3.69. The lowest BCUT2D eigenvalue weighted by molar-refractivity contribution is -0.115. The van der Waals surface area contributed by atoms with E-state index in [9.17, 15) is 14.0 Å². The Morgan fingerprint density at radius 2 is 1.97 bits per heavy atom. The Morgan fingerprint density at radius 1 is 1.24 bits per heavy atom. The van der Waals surface area contributed by atoms with E-state index in [0.29, 0.717) is 35.6 Å². The minimum absolute atomic E-state index is 0.119. The van der Waals surface area contributed by atoms with Gasteiger partial charge in [-0.2, -0.15) is 0 Å². The number of aromatic nitrogens is 2. The normalized spacial score (nSPS) is 12.1. The van der Waals surface area contributed by atoms with Crippen molar-refractivity contribution in [2.24, 2.45) is 0 Å². The number of hydrogen-bond acceptors (Lipinski definition) is 5. The van der Waals surface area contributed by atoms with Gasteiger partial charge in [0.15, 0.2) is 5.16 Å². The van der Waals surface area contributed by atoms with E-state index in [0.717, 1.165) is 0 Å². The van der Waals surface area contributed by atoms with Crippen molar-refractivity contribution in [1.82, 2.24) is 9.55 Å². The molecule has 3 aromatic rings. The summed E-state index contributed by atoms with van der Waals surface area (Å²) in [5.74, 6) is -0.871. The summed E-state index contributed by atoms with van der Waals surface area (Å²) in [6.45, 7) is 2.63. The summed E-state index contributed by atoms with van der Waals surface area (Å²) in [5, 5.41) is 2.97. The van der Waals surface area contributed by atoms with Crippen LogP contribution >= 0.6 is 11.8 Å². The number of methoxy groups -OCH3 is 1. The number of nitrogens with zero attached hydrogens (tertiary/aromatic N) is 2. The van der Waals surface area contributed by atoms with Gasteiger partial charge in [-0.15, -0.1) is 0 Å². The molecule has 0 bridgehead atoms. The molecule has 1 heterocycles. The molecule has 0 spiro atoms. The summed E-state index contributed by atoms with van der Waals surface area (Å²) in [6.07, 6.45) is 0.639. The van der Waals surface area contributed by atoms with Crippen molar-refractivity contribution in [3.8, 4) is 0 Å². The van der Waals surface area contributed by atoms with Crippen LogP contribution in [0.4, 0.5) is 10.1 Å². The number of para-hydroxylation sites is 2. The van der Waals surface area contributed by atoms with E-state index < -0.39 is 11.1 Å². The van der Waals surface area contributed by atoms with E-state index in [1.807, 2.05) is 6.07 Å². The maximum absolute atomic E-state index is 13.8. The number of hydrogen-bond donors (Lipinski definition) is 1. The molecular weight excluding hydrogens is 393 g/mol. The Bertz CT molecular complexity index is 1070. The molecule has 8 heteroatoms. The molecule has 0 saturated heterocycles. The number of halogens is 1. The second kappa shape index (κ2) is 9.67. The van der Waals surface area contributed by atoms with Gasteiger partial charge in [0.05, 0.1) is 21.8 Å². The summed E-state index contributed by atoms with van der Waals surface area (Å²) >= 11 is 1.17. The second-order valence-electron chi connectivity index (χ2n) is 6.44. The minimum atomic E-state index is -0.587. The molecule has 6 nitrogen and oxygen atoms in total. The second-order valence-corrected chi connectivity index (χ2v) is 7.75. The summed E-state index contributed by atoms with van der Waals surface area (Å²) in [4.78, 5) is 30.1. The fourth-order valence-corrected chi connectivity index (χ4v) is 3.75. The van der Waals surface area contributed by atoms with Gasteiger partial charge in [-0.25, -0.2) is 9.37 Å². The van der Waals surface area contributed by atoms with Gasteiger partial charge in [-0.05, 0) is 37.6 Å². The van der Waals surface area contributed by atoms with Crippen molar-refractivity contribution < 1.29 is 13.9 Å². The molecule has 1 N–H and O–H groups in total. The van der Waals surface area contributed by atoms with E-state index in [1.165, 1.54) is 23.9 Å². The Balaban J connectivity index is 1.87. The van der Waals surface area contributed by atoms with E-state index in [2.05, 4.69) is 10.3 Å². The number of nitrogens with one attached hydrogen (secondary N) is 1. The van der Waals surface area contributed by atoms with E-state index in [1.54, 1.807) is 48.9 Å². The number of fused-ring (bicyclic) bond motifs is 1. The standard InChI is InChI=1S/C21H22FN3O3S/c1-14(19(26)23-18-11-6-4-9-16(18)22)29-21-24-17-10-5-3-8-15(17)20(27)25(21)12-7-13-28-2/h3-6,8-11,14H,7,12-13H2,1-2H3,(H,23,26). The van der Waals surface area contributed by atoms with Crippen molar-refractivity contribution in [1.29, 1.82) is 0 Å². The first-order chi connectivity index (χ1) is 14.0. The number of amides is 1. The molecule has 0 aliphatic rings. The van der Waals surface area contributed by atoms with Crippen LogP contribution in [-0.4, -0.2) is 34.4 Å². The van der Waals surface area contributed by atoms with Gasteiger partial charge in [0, 0.05) is 20.3 Å². The molecule has 0 aliphatic carbocycles. The summed E-state index contributed by atoms with van der Waals surface area (Å²) in [6, 6.07) is 13.1. The van der Waals surface area contributed by atoms with E-state index >= 15 is 0 Å². The van der Waals surface area contributed by atoms with Gasteiger partial charge >= 0.3 is 0 Å². The molecule has 29 heavy (non-hydrogen) atoms. The minimum Gasteiger partial charge on any atom is -0.385 e. The molecule has 0 fully saturated rings. The van der Waals surface area contributed by atoms with Crippen LogP contribution in [0.25, 0.3) is 10.9 Å². The van der Waals surface area contributed by atoms with Crippen LogP contribution in [0.15, 0.2) is 58.5 Å². The highest BCUT2D eigenvalue weighted by Gasteiger charge is 2.20. The number of rotatable bonds is 8. The number of ether oxygens (including phenoxy) is 1. The molecule has 0 radical (unpaired) electrons. The lowest BCUT2D eigenvalue weighted by Crippen LogP contribution is -2.27. The Labute approximate surface area is 172 Å². The average Bonchev–Trinajstić information content (AvgIpc) is 2.72. The third kappa shape index (κ3) is 5.02. The van der Waals surface area contributed by atoms with Crippen LogP contribution < -0.4 is 10.9 Å². The summed E-state index contributed by atoms with van der Waals surface area (Å²) < 4.78 is 20.5. The topological polar surface area (TPSA) is 73.2 Å². The molecule has 3 rings (SSSR count). The van der Waals surface area contributed by atoms with Gasteiger partial charge in [-0.3, -0.25) is 14.2 Å². The first kappa shape index (κ1) is 21.0. The molecule has 1 amide bonds. The molecular formula is C21H22FN3O3S. The molecule has 1 unspecified atom stereocenters. The Morgan fingerprint density at radius 3 is 2.72 bits per heavy atom. The van der Waals surface area contributed by atoms with E-state index in [4.69, 9.17) is 4.74 Å². The van der Waals surface area contributed by atoms with Gasteiger partial charge in [0.1, 0.15) is 5.82 Å². The average molecular weight is 415 g/mol. The first-order valence-corrected chi connectivity index (χ1v) is 10.1. The highest BCUT2D eigenvalue weighted by molar-refractivity contribution is 8.00. The first-order valence-electron chi connectivity index (χ1n) is 9.22. The fourth-order valence-electron chi connectivity index (χ4n) is 2.81. The number of carbonyl (C=O) groups excluding carboxylic acids is 1. The monoisotopic (exact) mass is 415 g/mol. The summed E-state index contributed by atoms with van der Waals surface area (Å²) in [5.41, 5.74) is 0.537. The smallest absolute Gasteiger partial charge is 0.262 e. The molecule has 1 aromatic heterocycles. The van der Waals surface area contributed by atoms with Gasteiger partial charge in [0.25, 0.3) is 5.56 Å². The highest BCUT2D eigenvalue weighted by Crippen LogP contribution is 2.24.